The van der Waals surface area contributed by atoms with Gasteiger partial charge in [0.05, 0.1) is 26.4 Å². The molecule has 0 amide bonds. The Hall–Kier alpha value is -1.90. The Balaban J connectivity index is 0. The zero-order valence-electron chi connectivity index (χ0n) is 29.5. The average molecular weight is 697 g/mol. The van der Waals surface area contributed by atoms with Crippen molar-refractivity contribution in [1.29, 1.82) is 0 Å². The molecule has 4 N–H and O–H groups in total. The van der Waals surface area contributed by atoms with Crippen LogP contribution < -0.4 is 121 Å². The molecule has 4 rings (SSSR count). The van der Waals surface area contributed by atoms with Crippen LogP contribution in [0.1, 0.15) is 30.5 Å². The third-order valence-electron chi connectivity index (χ3n) is 5.69. The Morgan fingerprint density at radius 2 is 0.609 bits per heavy atom. The summed E-state index contributed by atoms with van der Waals surface area (Å²) in [6, 6.07) is 30.7. The number of thiocarbonyl (C=S) groups is 2. The first kappa shape index (κ1) is 42.1. The molecule has 236 valence electrons. The molecule has 0 saturated carbocycles. The van der Waals surface area contributed by atoms with Crippen LogP contribution in [0.4, 0.5) is 22.7 Å². The zero-order valence-corrected chi connectivity index (χ0v) is 34.3. The van der Waals surface area contributed by atoms with Crippen molar-refractivity contribution < 1.29 is 103 Å². The summed E-state index contributed by atoms with van der Waals surface area (Å²) in [7, 11) is 0. The molecule has 12 heteroatoms. The van der Waals surface area contributed by atoms with Crippen LogP contribution in [-0.4, -0.2) is 36.7 Å². The van der Waals surface area contributed by atoms with Crippen LogP contribution in [0, 0.1) is 0 Å². The minimum Gasteiger partial charge on any atom is -1.00 e. The molecule has 0 bridgehead atoms. The molecule has 4 aromatic carbocycles. The summed E-state index contributed by atoms with van der Waals surface area (Å²) in [4.78, 5) is 0. The van der Waals surface area contributed by atoms with Gasteiger partial charge in [-0.25, -0.2) is 0 Å². The molecule has 0 heterocycles. The van der Waals surface area contributed by atoms with Gasteiger partial charge in [0.15, 0.2) is 10.2 Å². The molecule has 46 heavy (non-hydrogen) atoms. The van der Waals surface area contributed by atoms with Gasteiger partial charge in [-0.05, 0) is 149 Å². The van der Waals surface area contributed by atoms with Gasteiger partial charge in [0.25, 0.3) is 0 Å². The third kappa shape index (κ3) is 16.3. The molecular weight excluding hydrogens is 655 g/mol. The van der Waals surface area contributed by atoms with Crippen LogP contribution in [0.15, 0.2) is 97.1 Å². The second-order valence-corrected chi connectivity index (χ2v) is 9.80. The summed E-state index contributed by atoms with van der Waals surface area (Å²) in [6.07, 6.45) is 0. The third-order valence-corrected chi connectivity index (χ3v) is 6.10. The summed E-state index contributed by atoms with van der Waals surface area (Å²) in [5.74, 6) is 3.38. The largest absolute Gasteiger partial charge is 1.00 e. The SMILES string of the molecule is CCOc1ccc(NC(=S)Nc2ccc(OCC)cc2)cc1.CCOc1ccc(NC(=S)Nc2ccc(OCC)cc2)cc1.[H-].[H-].[K+].[Na+]. The molecule has 0 aliphatic carbocycles. The minimum atomic E-state index is 0. The molecule has 0 fully saturated rings. The topological polar surface area (TPSA) is 85.0 Å². The first-order chi connectivity index (χ1) is 21.4. The van der Waals surface area contributed by atoms with Crippen molar-refractivity contribution in [2.45, 2.75) is 27.7 Å². The average Bonchev–Trinajstić information content (AvgIpc) is 3.02. The minimum absolute atomic E-state index is 0. The molecule has 0 spiro atoms. The predicted molar refractivity (Wildman–Crippen MR) is 192 cm³/mol. The Morgan fingerprint density at radius 1 is 0.435 bits per heavy atom. The first-order valence-corrected chi connectivity index (χ1v) is 15.3. The van der Waals surface area contributed by atoms with E-state index in [1.54, 1.807) is 0 Å². The molecule has 0 saturated heterocycles. The molecule has 4 aromatic rings. The van der Waals surface area contributed by atoms with Crippen LogP contribution in [0.5, 0.6) is 23.0 Å². The van der Waals surface area contributed by atoms with Crippen LogP contribution in [0.25, 0.3) is 0 Å². The van der Waals surface area contributed by atoms with E-state index >= 15 is 0 Å². The van der Waals surface area contributed by atoms with E-state index in [-0.39, 0.29) is 83.8 Å². The summed E-state index contributed by atoms with van der Waals surface area (Å²) < 4.78 is 21.6. The fourth-order valence-electron chi connectivity index (χ4n) is 3.79. The van der Waals surface area contributed by atoms with Gasteiger partial charge < -0.3 is 43.1 Å². The Kier molecular flexibility index (Phi) is 22.2. The summed E-state index contributed by atoms with van der Waals surface area (Å²) in [5, 5.41) is 13.6. The maximum absolute atomic E-state index is 5.40. The van der Waals surface area contributed by atoms with E-state index in [1.807, 2.05) is 125 Å². The van der Waals surface area contributed by atoms with Gasteiger partial charge in [0, 0.05) is 22.7 Å². The van der Waals surface area contributed by atoms with Crippen molar-refractivity contribution in [3.05, 3.63) is 97.1 Å². The normalized spacial score (nSPS) is 9.48. The van der Waals surface area contributed by atoms with Gasteiger partial charge >= 0.3 is 80.9 Å². The van der Waals surface area contributed by atoms with Gasteiger partial charge in [-0.2, -0.15) is 0 Å². The number of benzene rings is 4. The van der Waals surface area contributed by atoms with Gasteiger partial charge in [-0.3, -0.25) is 0 Å². The second-order valence-electron chi connectivity index (χ2n) is 8.99. The number of anilines is 4. The van der Waals surface area contributed by atoms with Crippen molar-refractivity contribution in [2.75, 3.05) is 47.7 Å². The quantitative estimate of drug-likeness (QED) is 0.131. The number of rotatable bonds is 12. The van der Waals surface area contributed by atoms with Crippen LogP contribution >= 0.6 is 24.4 Å². The van der Waals surface area contributed by atoms with Crippen molar-refractivity contribution >= 4 is 57.4 Å². The fourth-order valence-corrected chi connectivity index (χ4v) is 4.26. The van der Waals surface area contributed by atoms with Crippen molar-refractivity contribution in [3.63, 3.8) is 0 Å². The number of nitrogens with one attached hydrogen (secondary N) is 4. The maximum atomic E-state index is 5.40. The van der Waals surface area contributed by atoms with Gasteiger partial charge in [-0.1, -0.05) is 0 Å². The monoisotopic (exact) mass is 696 g/mol. The molecule has 8 nitrogen and oxygen atoms in total. The molecule has 0 aliphatic rings. The van der Waals surface area contributed by atoms with Gasteiger partial charge in [0.1, 0.15) is 23.0 Å². The number of hydrogen-bond acceptors (Lipinski definition) is 6. The summed E-state index contributed by atoms with van der Waals surface area (Å²) >= 11 is 10.6. The standard InChI is InChI=1S/2C17H20N2O2S.K.Na.2H/c2*1-3-20-15-9-5-13(6-10-15)18-17(22)19-14-7-11-16(12-8-14)21-4-2;;;;/h2*5-12H,3-4H2,1-2H3,(H2,18,19,22);;;;/q;;2*+1;2*-1. The maximum Gasteiger partial charge on any atom is 1.00 e. The molecule has 0 aromatic heterocycles. The van der Waals surface area contributed by atoms with Crippen molar-refractivity contribution in [2.24, 2.45) is 0 Å². The van der Waals surface area contributed by atoms with Crippen LogP contribution in [0.3, 0.4) is 0 Å². The Bertz CT molecular complexity index is 1220. The molecule has 0 unspecified atom stereocenters. The van der Waals surface area contributed by atoms with Crippen molar-refractivity contribution in [3.8, 4) is 23.0 Å². The fraction of sp³-hybridized carbons (Fsp3) is 0.235. The van der Waals surface area contributed by atoms with E-state index in [9.17, 15) is 0 Å². The van der Waals surface area contributed by atoms with E-state index in [4.69, 9.17) is 43.4 Å². The first-order valence-electron chi connectivity index (χ1n) is 14.5. The van der Waals surface area contributed by atoms with E-state index in [2.05, 4.69) is 21.3 Å². The smallest absolute Gasteiger partial charge is 1.00 e. The van der Waals surface area contributed by atoms with Crippen LogP contribution in [0.2, 0.25) is 0 Å². The molecule has 0 aliphatic heterocycles. The van der Waals surface area contributed by atoms with E-state index in [1.165, 1.54) is 0 Å². The van der Waals surface area contributed by atoms with Gasteiger partial charge in [0.2, 0.25) is 0 Å². The van der Waals surface area contributed by atoms with E-state index < -0.39 is 0 Å². The molecular formula is C34H42KN4NaO4S2. The van der Waals surface area contributed by atoms with Gasteiger partial charge in [-0.15, -0.1) is 0 Å². The number of ether oxygens (including phenoxy) is 4. The Labute approximate surface area is 351 Å². The zero-order chi connectivity index (χ0) is 31.6. The van der Waals surface area contributed by atoms with E-state index in [0.29, 0.717) is 36.7 Å². The number of hydrogen-bond donors (Lipinski definition) is 4. The Morgan fingerprint density at radius 3 is 0.761 bits per heavy atom. The van der Waals surface area contributed by atoms with E-state index in [0.717, 1.165) is 45.7 Å². The second kappa shape index (κ2) is 24.3. The molecule has 0 radical (unpaired) electrons. The summed E-state index contributed by atoms with van der Waals surface area (Å²) in [5.41, 5.74) is 3.64. The summed E-state index contributed by atoms with van der Waals surface area (Å²) in [6.45, 7) is 10.5. The van der Waals surface area contributed by atoms with Crippen LogP contribution in [-0.2, 0) is 0 Å². The van der Waals surface area contributed by atoms with Crippen molar-refractivity contribution in [1.82, 2.24) is 0 Å². The molecule has 0 atom stereocenters. The predicted octanol–water partition coefficient (Wildman–Crippen LogP) is 2.82.